The zero-order chi connectivity index (χ0) is 13.0. The molecule has 0 spiro atoms. The highest BCUT2D eigenvalue weighted by atomic mass is 32.2. The van der Waals surface area contributed by atoms with Crippen molar-refractivity contribution >= 4 is 17.7 Å². The summed E-state index contributed by atoms with van der Waals surface area (Å²) in [6.07, 6.45) is 0. The summed E-state index contributed by atoms with van der Waals surface area (Å²) in [7, 11) is 0. The van der Waals surface area contributed by atoms with Gasteiger partial charge in [-0.25, -0.2) is 0 Å². The minimum atomic E-state index is -0.411. The van der Waals surface area contributed by atoms with Gasteiger partial charge in [0.05, 0.1) is 5.25 Å². The maximum atomic E-state index is 11.5. The summed E-state index contributed by atoms with van der Waals surface area (Å²) in [4.78, 5) is 23.0. The zero-order valence-electron chi connectivity index (χ0n) is 9.93. The van der Waals surface area contributed by atoms with E-state index in [1.807, 2.05) is 6.92 Å². The van der Waals surface area contributed by atoms with Crippen LogP contribution >= 0.6 is 11.8 Å². The Labute approximate surface area is 103 Å². The van der Waals surface area contributed by atoms with Gasteiger partial charge in [-0.1, -0.05) is 11.8 Å². The molecule has 0 saturated heterocycles. The Hall–Kier alpha value is -1.57. The number of aryl methyl sites for hydroxylation is 1. The normalized spacial score (nSPS) is 12.2. The van der Waals surface area contributed by atoms with E-state index in [0.29, 0.717) is 6.54 Å². The molecule has 7 nitrogen and oxygen atoms in total. The first-order valence-electron chi connectivity index (χ1n) is 5.13. The first-order chi connectivity index (χ1) is 7.97. The van der Waals surface area contributed by atoms with Crippen molar-refractivity contribution in [3.63, 3.8) is 0 Å². The van der Waals surface area contributed by atoms with Gasteiger partial charge >= 0.3 is 0 Å². The summed E-state index contributed by atoms with van der Waals surface area (Å²) < 4.78 is 0.905. The molecule has 1 amide bonds. The number of hydrogen-bond acceptors (Lipinski definition) is 6. The largest absolute Gasteiger partial charge is 0.355 e. The van der Waals surface area contributed by atoms with Crippen molar-refractivity contribution in [3.05, 3.63) is 16.0 Å². The molecule has 17 heavy (non-hydrogen) atoms. The lowest BCUT2D eigenvalue weighted by molar-refractivity contribution is -0.120. The summed E-state index contributed by atoms with van der Waals surface area (Å²) >= 11 is 1.09. The Bertz CT molecular complexity index is 473. The quantitative estimate of drug-likeness (QED) is 0.545. The number of carbonyl (C=O) groups excluding carboxylic acids is 1. The topological polar surface area (TPSA) is 103 Å². The molecule has 3 N–H and O–H groups in total. The van der Waals surface area contributed by atoms with Crippen LogP contribution in [0.1, 0.15) is 19.5 Å². The fourth-order valence-electron chi connectivity index (χ4n) is 1.08. The SMILES string of the molecule is CCNC(=O)[C@H](C)Sc1nnc(C)c(=O)n1N. The van der Waals surface area contributed by atoms with E-state index >= 15 is 0 Å². The highest BCUT2D eigenvalue weighted by Crippen LogP contribution is 2.18. The summed E-state index contributed by atoms with van der Waals surface area (Å²) in [5, 5.41) is 9.98. The number of nitrogen functional groups attached to an aromatic ring is 1. The van der Waals surface area contributed by atoms with Crippen molar-refractivity contribution in [2.24, 2.45) is 0 Å². The number of rotatable bonds is 4. The maximum absolute atomic E-state index is 11.5. The van der Waals surface area contributed by atoms with E-state index in [1.54, 1.807) is 6.92 Å². The Kier molecular flexibility index (Phi) is 4.50. The van der Waals surface area contributed by atoms with Gasteiger partial charge in [0, 0.05) is 6.54 Å². The van der Waals surface area contributed by atoms with Crippen molar-refractivity contribution in [1.82, 2.24) is 20.2 Å². The van der Waals surface area contributed by atoms with Crippen molar-refractivity contribution < 1.29 is 4.79 Å². The molecular formula is C9H15N5O2S. The molecule has 0 saturated carbocycles. The fraction of sp³-hybridized carbons (Fsp3) is 0.556. The maximum Gasteiger partial charge on any atom is 0.294 e. The molecule has 94 valence electrons. The van der Waals surface area contributed by atoms with Gasteiger partial charge in [-0.3, -0.25) is 9.59 Å². The van der Waals surface area contributed by atoms with Crippen LogP contribution in [0.4, 0.5) is 0 Å². The molecule has 1 heterocycles. The predicted molar refractivity (Wildman–Crippen MR) is 65.2 cm³/mol. The molecule has 1 aromatic rings. The lowest BCUT2D eigenvalue weighted by Gasteiger charge is -2.11. The minimum absolute atomic E-state index is 0.132. The number of thioether (sulfide) groups is 1. The van der Waals surface area contributed by atoms with Crippen LogP contribution in [0.15, 0.2) is 9.95 Å². The fourth-order valence-corrected chi connectivity index (χ4v) is 1.87. The first-order valence-corrected chi connectivity index (χ1v) is 6.01. The molecule has 0 unspecified atom stereocenters. The Balaban J connectivity index is 2.86. The summed E-state index contributed by atoms with van der Waals surface area (Å²) in [5.41, 5.74) is -0.187. The third kappa shape index (κ3) is 3.19. The molecule has 8 heteroatoms. The molecule has 0 aliphatic carbocycles. The van der Waals surface area contributed by atoms with Crippen molar-refractivity contribution in [2.75, 3.05) is 12.4 Å². The summed E-state index contributed by atoms with van der Waals surface area (Å²) in [6, 6.07) is 0. The molecule has 0 aromatic carbocycles. The van der Waals surface area contributed by atoms with Crippen LogP contribution in [-0.4, -0.2) is 32.6 Å². The summed E-state index contributed by atoms with van der Waals surface area (Å²) in [6.45, 7) is 5.63. The van der Waals surface area contributed by atoms with Gasteiger partial charge in [0.1, 0.15) is 5.69 Å². The molecule has 0 aliphatic heterocycles. The molecule has 0 bridgehead atoms. The number of nitrogens with zero attached hydrogens (tertiary/aromatic N) is 3. The number of aromatic nitrogens is 3. The number of nitrogens with two attached hydrogens (primary N) is 1. The highest BCUT2D eigenvalue weighted by molar-refractivity contribution is 8.00. The van der Waals surface area contributed by atoms with Crippen LogP contribution in [0.2, 0.25) is 0 Å². The van der Waals surface area contributed by atoms with Gasteiger partial charge in [-0.15, -0.1) is 10.2 Å². The van der Waals surface area contributed by atoms with E-state index in [0.717, 1.165) is 16.4 Å². The second-order valence-corrected chi connectivity index (χ2v) is 4.71. The molecule has 1 atom stereocenters. The molecule has 1 aromatic heterocycles. The molecule has 0 radical (unpaired) electrons. The number of hydrogen-bond donors (Lipinski definition) is 2. The highest BCUT2D eigenvalue weighted by Gasteiger charge is 2.17. The van der Waals surface area contributed by atoms with Gasteiger partial charge in [0.2, 0.25) is 11.1 Å². The Morgan fingerprint density at radius 3 is 2.82 bits per heavy atom. The molecule has 0 aliphatic rings. The van der Waals surface area contributed by atoms with Gasteiger partial charge in [0.25, 0.3) is 5.56 Å². The monoisotopic (exact) mass is 257 g/mol. The average molecular weight is 257 g/mol. The average Bonchev–Trinajstić information content (AvgIpc) is 2.30. The van der Waals surface area contributed by atoms with Crippen LogP contribution < -0.4 is 16.7 Å². The molecule has 1 rings (SSSR count). The minimum Gasteiger partial charge on any atom is -0.355 e. The molecule has 0 fully saturated rings. The Morgan fingerprint density at radius 1 is 1.59 bits per heavy atom. The number of nitrogens with one attached hydrogen (secondary N) is 1. The lowest BCUT2D eigenvalue weighted by Crippen LogP contribution is -2.35. The van der Waals surface area contributed by atoms with E-state index < -0.39 is 5.56 Å². The standard InChI is InChI=1S/C9H15N5O2S/c1-4-11-7(15)6(3)17-9-13-12-5(2)8(16)14(9)10/h6H,4,10H2,1-3H3,(H,11,15)/t6-/m0/s1. The smallest absolute Gasteiger partial charge is 0.294 e. The van der Waals surface area contributed by atoms with Crippen LogP contribution in [-0.2, 0) is 4.79 Å². The van der Waals surface area contributed by atoms with E-state index in [1.165, 1.54) is 6.92 Å². The number of carbonyl (C=O) groups is 1. The van der Waals surface area contributed by atoms with E-state index in [2.05, 4.69) is 15.5 Å². The second kappa shape index (κ2) is 5.67. The van der Waals surface area contributed by atoms with Crippen molar-refractivity contribution in [2.45, 2.75) is 31.2 Å². The zero-order valence-corrected chi connectivity index (χ0v) is 10.7. The van der Waals surface area contributed by atoms with Gasteiger partial charge in [-0.2, -0.15) is 4.68 Å². The van der Waals surface area contributed by atoms with Crippen LogP contribution in [0.25, 0.3) is 0 Å². The van der Waals surface area contributed by atoms with Crippen molar-refractivity contribution in [1.29, 1.82) is 0 Å². The first kappa shape index (κ1) is 13.5. The third-order valence-corrected chi connectivity index (χ3v) is 3.08. The van der Waals surface area contributed by atoms with Gasteiger partial charge in [0.15, 0.2) is 0 Å². The van der Waals surface area contributed by atoms with Crippen LogP contribution in [0.3, 0.4) is 0 Å². The molecular weight excluding hydrogens is 242 g/mol. The van der Waals surface area contributed by atoms with E-state index in [4.69, 9.17) is 5.84 Å². The van der Waals surface area contributed by atoms with Gasteiger partial charge in [-0.05, 0) is 20.8 Å². The third-order valence-electron chi connectivity index (χ3n) is 2.02. The predicted octanol–water partition coefficient (Wildman–Crippen LogP) is -0.723. The lowest BCUT2D eigenvalue weighted by atomic mass is 10.4. The van der Waals surface area contributed by atoms with Gasteiger partial charge < -0.3 is 11.2 Å². The van der Waals surface area contributed by atoms with E-state index in [9.17, 15) is 9.59 Å². The van der Waals surface area contributed by atoms with Crippen LogP contribution in [0.5, 0.6) is 0 Å². The van der Waals surface area contributed by atoms with Crippen molar-refractivity contribution in [3.8, 4) is 0 Å². The van der Waals surface area contributed by atoms with Crippen LogP contribution in [0, 0.1) is 6.92 Å². The van der Waals surface area contributed by atoms with E-state index in [-0.39, 0.29) is 22.0 Å². The summed E-state index contributed by atoms with van der Waals surface area (Å²) in [5.74, 6) is 5.42. The number of amides is 1. The second-order valence-electron chi connectivity index (χ2n) is 3.40. The Morgan fingerprint density at radius 2 is 2.24 bits per heavy atom.